The van der Waals surface area contributed by atoms with E-state index in [9.17, 15) is 27.9 Å². The highest BCUT2D eigenvalue weighted by Crippen LogP contribution is 2.42. The molecule has 1 aliphatic heterocycles. The van der Waals surface area contributed by atoms with E-state index in [1.54, 1.807) is 32.6 Å². The molecule has 198 valence electrons. The van der Waals surface area contributed by atoms with Crippen LogP contribution in [0.25, 0.3) is 10.4 Å². The average molecular weight is 528 g/mol. The summed E-state index contributed by atoms with van der Waals surface area (Å²) in [5.74, 6) is -1.18. The lowest BCUT2D eigenvalue weighted by molar-refractivity contribution is -0.137. The fraction of sp³-hybridized carbons (Fsp3) is 0.583. The van der Waals surface area contributed by atoms with Gasteiger partial charge in [-0.3, -0.25) is 9.59 Å². The average Bonchev–Trinajstić information content (AvgIpc) is 3.38. The first kappa shape index (κ1) is 27.9. The molecule has 0 spiro atoms. The van der Waals surface area contributed by atoms with Crippen molar-refractivity contribution in [1.82, 2.24) is 20.2 Å². The number of anilines is 1. The summed E-state index contributed by atoms with van der Waals surface area (Å²) in [4.78, 5) is 36.1. The molecule has 0 aliphatic carbocycles. The van der Waals surface area contributed by atoms with Gasteiger partial charge in [-0.15, -0.1) is 11.3 Å². The van der Waals surface area contributed by atoms with Gasteiger partial charge in [0.2, 0.25) is 0 Å². The van der Waals surface area contributed by atoms with Crippen LogP contribution in [0.1, 0.15) is 80.2 Å². The van der Waals surface area contributed by atoms with Gasteiger partial charge >= 0.3 is 6.18 Å². The third-order valence-electron chi connectivity index (χ3n) is 5.88. The van der Waals surface area contributed by atoms with Gasteiger partial charge in [-0.25, -0.2) is 9.97 Å². The first-order valence-corrected chi connectivity index (χ1v) is 12.6. The Kier molecular flexibility index (Phi) is 7.99. The number of rotatable bonds is 6. The van der Waals surface area contributed by atoms with Crippen molar-refractivity contribution in [2.24, 2.45) is 0 Å². The van der Waals surface area contributed by atoms with Gasteiger partial charge in [-0.2, -0.15) is 13.2 Å². The lowest BCUT2D eigenvalue weighted by Crippen LogP contribution is -2.39. The molecule has 12 heteroatoms. The summed E-state index contributed by atoms with van der Waals surface area (Å²) in [6.45, 7) is 10.8. The number of hydrogen-bond donors (Lipinski definition) is 3. The summed E-state index contributed by atoms with van der Waals surface area (Å²) < 4.78 is 42.6. The topological polar surface area (TPSA) is 107 Å². The van der Waals surface area contributed by atoms with Gasteiger partial charge in [0.25, 0.3) is 11.8 Å². The number of hydrogen-bond acceptors (Lipinski definition) is 7. The third kappa shape index (κ3) is 6.33. The molecular formula is C24H32F3N5O3S. The number of aliphatic hydroxyl groups excluding tert-OH is 1. The standard InChI is InChI=1S/C24H32F3N5O3S/c1-12-8-7-9-32(12)22(35)18-19(36-21(30-18)20(34)29-13(2)14(3)33)15-11-28-17(31-23(4,5)6)10-16(15)24(25,26)27/h10-14,33H,7-9H2,1-6H3,(H,28,31)(H,29,34)/t12-,13?,14?/m0/s1. The van der Waals surface area contributed by atoms with Crippen LogP contribution in [0.4, 0.5) is 19.0 Å². The normalized spacial score (nSPS) is 18.2. The Hall–Kier alpha value is -2.73. The summed E-state index contributed by atoms with van der Waals surface area (Å²) in [6.07, 6.45) is -3.00. The van der Waals surface area contributed by atoms with Gasteiger partial charge in [-0.1, -0.05) is 0 Å². The number of amides is 2. The van der Waals surface area contributed by atoms with Crippen LogP contribution in [0.5, 0.6) is 0 Å². The number of carbonyl (C=O) groups excluding carboxylic acids is 2. The smallest absolute Gasteiger partial charge is 0.391 e. The molecular weight excluding hydrogens is 495 g/mol. The molecule has 2 aromatic rings. The zero-order chi connectivity index (χ0) is 27.0. The Morgan fingerprint density at radius 2 is 1.92 bits per heavy atom. The second-order valence-electron chi connectivity index (χ2n) is 10.2. The fourth-order valence-electron chi connectivity index (χ4n) is 3.83. The van der Waals surface area contributed by atoms with Crippen LogP contribution in [0.3, 0.4) is 0 Å². The number of aromatic nitrogens is 2. The Labute approximate surface area is 212 Å². The number of alkyl halides is 3. The number of pyridine rings is 1. The molecule has 0 saturated carbocycles. The van der Waals surface area contributed by atoms with Crippen LogP contribution in [-0.2, 0) is 6.18 Å². The molecule has 0 radical (unpaired) electrons. The Morgan fingerprint density at radius 1 is 1.25 bits per heavy atom. The first-order valence-electron chi connectivity index (χ1n) is 11.7. The molecule has 1 saturated heterocycles. The van der Waals surface area contributed by atoms with Gasteiger partial charge in [-0.05, 0) is 60.5 Å². The molecule has 2 amide bonds. The second-order valence-corrected chi connectivity index (χ2v) is 11.2. The molecule has 3 atom stereocenters. The zero-order valence-corrected chi connectivity index (χ0v) is 22.0. The van der Waals surface area contributed by atoms with Gasteiger partial charge in [0.05, 0.1) is 22.6 Å². The lowest BCUT2D eigenvalue weighted by Gasteiger charge is -2.23. The van der Waals surface area contributed by atoms with Crippen molar-refractivity contribution in [2.45, 2.75) is 84.3 Å². The van der Waals surface area contributed by atoms with Crippen molar-refractivity contribution in [1.29, 1.82) is 0 Å². The van der Waals surface area contributed by atoms with Crippen molar-refractivity contribution >= 4 is 29.0 Å². The van der Waals surface area contributed by atoms with E-state index in [2.05, 4.69) is 20.6 Å². The molecule has 1 aliphatic rings. The van der Waals surface area contributed by atoms with Crippen LogP contribution in [0.2, 0.25) is 0 Å². The number of nitrogens with zero attached hydrogens (tertiary/aromatic N) is 3. The van der Waals surface area contributed by atoms with Gasteiger partial charge in [0.1, 0.15) is 11.5 Å². The Bertz CT molecular complexity index is 1130. The van der Waals surface area contributed by atoms with Crippen molar-refractivity contribution in [2.75, 3.05) is 11.9 Å². The maximum Gasteiger partial charge on any atom is 0.417 e. The van der Waals surface area contributed by atoms with E-state index in [-0.39, 0.29) is 33.0 Å². The minimum absolute atomic E-state index is 0.0351. The summed E-state index contributed by atoms with van der Waals surface area (Å²) in [6, 6.07) is 0.179. The predicted octanol–water partition coefficient (Wildman–Crippen LogP) is 4.56. The van der Waals surface area contributed by atoms with E-state index in [1.807, 2.05) is 6.92 Å². The van der Waals surface area contributed by atoms with E-state index >= 15 is 0 Å². The van der Waals surface area contributed by atoms with Crippen molar-refractivity contribution in [3.63, 3.8) is 0 Å². The molecule has 0 bridgehead atoms. The number of aliphatic hydroxyl groups is 1. The van der Waals surface area contributed by atoms with E-state index in [1.165, 1.54) is 6.92 Å². The highest BCUT2D eigenvalue weighted by Gasteiger charge is 2.38. The SMILES string of the molecule is CC(O)C(C)NC(=O)c1nc(C(=O)N2CCC[C@@H]2C)c(-c2cnc(NC(C)(C)C)cc2C(F)(F)F)s1. The largest absolute Gasteiger partial charge is 0.417 e. The highest BCUT2D eigenvalue weighted by molar-refractivity contribution is 7.17. The zero-order valence-electron chi connectivity index (χ0n) is 21.2. The van der Waals surface area contributed by atoms with Crippen LogP contribution < -0.4 is 10.6 Å². The molecule has 2 aromatic heterocycles. The minimum atomic E-state index is -4.75. The monoisotopic (exact) mass is 527 g/mol. The van der Waals surface area contributed by atoms with E-state index in [0.717, 1.165) is 25.1 Å². The number of halogens is 3. The first-order chi connectivity index (χ1) is 16.6. The summed E-state index contributed by atoms with van der Waals surface area (Å²) in [5.41, 5.74) is -2.05. The third-order valence-corrected chi connectivity index (χ3v) is 6.96. The molecule has 8 nitrogen and oxygen atoms in total. The predicted molar refractivity (Wildman–Crippen MR) is 132 cm³/mol. The van der Waals surface area contributed by atoms with Gasteiger partial charge in [0.15, 0.2) is 5.01 Å². The highest BCUT2D eigenvalue weighted by atomic mass is 32.1. The molecule has 36 heavy (non-hydrogen) atoms. The molecule has 0 aromatic carbocycles. The van der Waals surface area contributed by atoms with E-state index in [0.29, 0.717) is 17.9 Å². The van der Waals surface area contributed by atoms with E-state index in [4.69, 9.17) is 0 Å². The molecule has 3 rings (SSSR count). The molecule has 1 fully saturated rings. The van der Waals surface area contributed by atoms with Crippen LogP contribution >= 0.6 is 11.3 Å². The number of carbonyl (C=O) groups is 2. The van der Waals surface area contributed by atoms with E-state index < -0.39 is 41.2 Å². The quantitative estimate of drug-likeness (QED) is 0.509. The number of nitrogens with one attached hydrogen (secondary N) is 2. The van der Waals surface area contributed by atoms with Crippen molar-refractivity contribution in [3.8, 4) is 10.4 Å². The number of likely N-dealkylation sites (tertiary alicyclic amines) is 1. The van der Waals surface area contributed by atoms with Gasteiger partial charge in [0, 0.05) is 29.9 Å². The van der Waals surface area contributed by atoms with Crippen LogP contribution in [-0.4, -0.2) is 62.1 Å². The Morgan fingerprint density at radius 3 is 2.44 bits per heavy atom. The van der Waals surface area contributed by atoms with Crippen molar-refractivity contribution < 1.29 is 27.9 Å². The maximum absolute atomic E-state index is 14.2. The second kappa shape index (κ2) is 10.3. The molecule has 3 N–H and O–H groups in total. The van der Waals surface area contributed by atoms with Gasteiger partial charge < -0.3 is 20.6 Å². The fourth-order valence-corrected chi connectivity index (χ4v) is 4.81. The lowest BCUT2D eigenvalue weighted by atomic mass is 10.1. The van der Waals surface area contributed by atoms with Crippen molar-refractivity contribution in [3.05, 3.63) is 28.5 Å². The maximum atomic E-state index is 14.2. The molecule has 3 heterocycles. The molecule has 2 unspecified atom stereocenters. The minimum Gasteiger partial charge on any atom is -0.391 e. The van der Waals surface area contributed by atoms with Crippen LogP contribution in [0, 0.1) is 0 Å². The Balaban J connectivity index is 2.15. The summed E-state index contributed by atoms with van der Waals surface area (Å²) >= 11 is 0.699. The number of thiazole rings is 1. The van der Waals surface area contributed by atoms with Crippen LogP contribution in [0.15, 0.2) is 12.3 Å². The summed E-state index contributed by atoms with van der Waals surface area (Å²) in [5, 5.41) is 15.0. The summed E-state index contributed by atoms with van der Waals surface area (Å²) in [7, 11) is 0.